The summed E-state index contributed by atoms with van der Waals surface area (Å²) < 4.78 is 0. The van der Waals surface area contributed by atoms with Crippen LogP contribution in [-0.2, 0) is 0 Å². The van der Waals surface area contributed by atoms with Gasteiger partial charge in [-0.3, -0.25) is 25.0 Å². The Bertz CT molecular complexity index is 2250. The van der Waals surface area contributed by atoms with Gasteiger partial charge in [0.1, 0.15) is 16.7 Å². The van der Waals surface area contributed by atoms with E-state index < -0.39 is 10.4 Å². The lowest BCUT2D eigenvalue weighted by molar-refractivity contribution is -0.383. The third-order valence-electron chi connectivity index (χ3n) is 8.38. The van der Waals surface area contributed by atoms with Crippen LogP contribution in [0.3, 0.4) is 0 Å². The van der Waals surface area contributed by atoms with Crippen molar-refractivity contribution >= 4 is 66.4 Å². The number of aryl methyl sites for hydroxylation is 1. The van der Waals surface area contributed by atoms with Gasteiger partial charge in [0.2, 0.25) is 0 Å². The Kier molecular flexibility index (Phi) is 8.55. The van der Waals surface area contributed by atoms with Gasteiger partial charge >= 0.3 is 0 Å². The Balaban J connectivity index is 1.10. The number of non-ortho nitro benzene ring substituents is 2. The van der Waals surface area contributed by atoms with Gasteiger partial charge in [-0.2, -0.15) is 0 Å². The maximum absolute atomic E-state index is 13.4. The van der Waals surface area contributed by atoms with E-state index in [2.05, 4.69) is 20.5 Å². The highest BCUT2D eigenvalue weighted by Gasteiger charge is 2.21. The fourth-order valence-corrected chi connectivity index (χ4v) is 6.05. The molecule has 13 nitrogen and oxygen atoms in total. The summed E-state index contributed by atoms with van der Waals surface area (Å²) in [4.78, 5) is 46.0. The number of benzene rings is 4. The molecule has 6 aromatic rings. The molecule has 0 saturated heterocycles. The monoisotopic (exact) mass is 635 g/mol. The predicted molar refractivity (Wildman–Crippen MR) is 185 cm³/mol. The average molecular weight is 636 g/mol. The zero-order valence-electron chi connectivity index (χ0n) is 25.9. The summed E-state index contributed by atoms with van der Waals surface area (Å²) in [5.41, 5.74) is 3.37. The number of H-pyrrole nitrogens is 1. The van der Waals surface area contributed by atoms with Gasteiger partial charge in [-0.25, -0.2) is 4.98 Å². The minimum absolute atomic E-state index is 0.0186. The molecule has 6 rings (SSSR count). The highest BCUT2D eigenvalue weighted by molar-refractivity contribution is 6.12. The van der Waals surface area contributed by atoms with E-state index in [-0.39, 0.29) is 38.3 Å². The fourth-order valence-electron chi connectivity index (χ4n) is 6.05. The molecule has 2 aromatic heterocycles. The van der Waals surface area contributed by atoms with Crippen LogP contribution in [0.25, 0.3) is 43.6 Å². The number of nitrogens with one attached hydrogen (secondary N) is 3. The molecule has 2 heterocycles. The summed E-state index contributed by atoms with van der Waals surface area (Å²) >= 11 is 0. The number of aromatic nitrogens is 2. The second-order valence-corrected chi connectivity index (χ2v) is 11.6. The van der Waals surface area contributed by atoms with Crippen LogP contribution in [0.2, 0.25) is 0 Å². The first kappa shape index (κ1) is 31.2. The van der Waals surface area contributed by atoms with Crippen molar-refractivity contribution in [2.24, 2.45) is 0 Å². The fraction of sp³-hybridized carbons (Fsp3) is 0.235. The molecule has 0 aliphatic heterocycles. The highest BCUT2D eigenvalue weighted by atomic mass is 16.6. The molecule has 4 aromatic carbocycles. The predicted octanol–water partition coefficient (Wildman–Crippen LogP) is 6.45. The second kappa shape index (κ2) is 12.9. The maximum atomic E-state index is 13.4. The van der Waals surface area contributed by atoms with E-state index in [0.717, 1.165) is 42.4 Å². The normalized spacial score (nSPS) is 11.6. The number of nitro groups is 2. The first-order valence-electron chi connectivity index (χ1n) is 15.2. The van der Waals surface area contributed by atoms with Crippen LogP contribution >= 0.6 is 0 Å². The SMILES string of the molecule is Cc1ccc([N+](=O)[O-])c2c(NCCCN(C)CCCNc3ccc([N+](=O)[O-])c4[nH]c5ccc(O)cc5c(=O)c34)c3ccccc3nc12. The van der Waals surface area contributed by atoms with Crippen LogP contribution in [0.1, 0.15) is 18.4 Å². The third kappa shape index (κ3) is 6.08. The number of rotatable bonds is 12. The summed E-state index contributed by atoms with van der Waals surface area (Å²) in [6.07, 6.45) is 1.52. The summed E-state index contributed by atoms with van der Waals surface area (Å²) in [5, 5.41) is 42.0. The zero-order chi connectivity index (χ0) is 33.2. The lowest BCUT2D eigenvalue weighted by Gasteiger charge is -2.18. The first-order chi connectivity index (χ1) is 22.6. The molecule has 0 aliphatic carbocycles. The molecular formula is C34H33N7O6. The van der Waals surface area contributed by atoms with Gasteiger partial charge in [-0.15, -0.1) is 0 Å². The minimum Gasteiger partial charge on any atom is -0.508 e. The lowest BCUT2D eigenvalue weighted by Crippen LogP contribution is -2.24. The Morgan fingerprint density at radius 3 is 2.32 bits per heavy atom. The van der Waals surface area contributed by atoms with Crippen LogP contribution in [0.4, 0.5) is 22.7 Å². The number of aromatic hydroxyl groups is 1. The molecule has 0 aliphatic rings. The summed E-state index contributed by atoms with van der Waals surface area (Å²) in [6, 6.07) is 18.1. The standard InChI is InChI=1S/C34H33N7O6/c1-20-9-13-27(40(44)45)30-31(20)37-24-8-4-3-7-22(24)32(30)36-16-6-18-39(2)17-5-15-35-26-12-14-28(41(46)47)33-29(26)34(43)23-19-21(42)10-11-25(23)38-33/h3-4,7-14,19,35,42H,5-6,15-18H2,1-2H3,(H,36,37)(H,38,43). The third-order valence-corrected chi connectivity index (χ3v) is 8.38. The minimum atomic E-state index is -0.528. The first-order valence-corrected chi connectivity index (χ1v) is 15.2. The van der Waals surface area contributed by atoms with E-state index in [9.17, 15) is 30.1 Å². The van der Waals surface area contributed by atoms with Gasteiger partial charge in [0, 0.05) is 41.7 Å². The average Bonchev–Trinajstić information content (AvgIpc) is 3.05. The van der Waals surface area contributed by atoms with Gasteiger partial charge in [0.25, 0.3) is 11.4 Å². The van der Waals surface area contributed by atoms with Crippen molar-refractivity contribution in [2.45, 2.75) is 19.8 Å². The molecule has 0 radical (unpaired) electrons. The number of hydrogen-bond acceptors (Lipinski definition) is 10. The molecule has 0 atom stereocenters. The smallest absolute Gasteiger partial charge is 0.293 e. The van der Waals surface area contributed by atoms with E-state index in [1.165, 1.54) is 36.4 Å². The molecule has 0 bridgehead atoms. The number of aromatic amines is 1. The van der Waals surface area contributed by atoms with Gasteiger partial charge < -0.3 is 25.6 Å². The largest absolute Gasteiger partial charge is 0.508 e. The van der Waals surface area contributed by atoms with Crippen molar-refractivity contribution in [1.29, 1.82) is 0 Å². The highest BCUT2D eigenvalue weighted by Crippen LogP contribution is 2.38. The number of phenolic OH excluding ortho intramolecular Hbond substituents is 1. The van der Waals surface area contributed by atoms with Gasteiger partial charge in [-0.1, -0.05) is 24.3 Å². The number of anilines is 2. The molecule has 0 unspecified atom stereocenters. The number of nitro benzene ring substituents is 2. The van der Waals surface area contributed by atoms with Crippen molar-refractivity contribution in [3.8, 4) is 5.75 Å². The molecule has 0 amide bonds. The van der Waals surface area contributed by atoms with Crippen LogP contribution in [0.15, 0.2) is 71.5 Å². The van der Waals surface area contributed by atoms with Gasteiger partial charge in [0.15, 0.2) is 5.43 Å². The van der Waals surface area contributed by atoms with Crippen molar-refractivity contribution < 1.29 is 15.0 Å². The van der Waals surface area contributed by atoms with Gasteiger partial charge in [0.05, 0.1) is 37.5 Å². The van der Waals surface area contributed by atoms with Crippen LogP contribution in [0.5, 0.6) is 5.75 Å². The van der Waals surface area contributed by atoms with E-state index in [1.807, 2.05) is 38.2 Å². The lowest BCUT2D eigenvalue weighted by atomic mass is 10.0. The van der Waals surface area contributed by atoms with E-state index in [1.54, 1.807) is 6.07 Å². The van der Waals surface area contributed by atoms with Gasteiger partial charge in [-0.05, 0) is 75.8 Å². The summed E-state index contributed by atoms with van der Waals surface area (Å²) in [7, 11) is 2.01. The maximum Gasteiger partial charge on any atom is 0.293 e. The Hall–Kier alpha value is -5.82. The summed E-state index contributed by atoms with van der Waals surface area (Å²) in [5.74, 6) is -0.0700. The number of phenols is 1. The topological polar surface area (TPSA) is 180 Å². The molecular weight excluding hydrogens is 602 g/mol. The zero-order valence-corrected chi connectivity index (χ0v) is 25.9. The number of nitrogens with zero attached hydrogens (tertiary/aromatic N) is 4. The van der Waals surface area contributed by atoms with E-state index >= 15 is 0 Å². The van der Waals surface area contributed by atoms with E-state index in [0.29, 0.717) is 40.9 Å². The van der Waals surface area contributed by atoms with Crippen molar-refractivity contribution in [2.75, 3.05) is 43.9 Å². The summed E-state index contributed by atoms with van der Waals surface area (Å²) in [6.45, 7) is 4.53. The second-order valence-electron chi connectivity index (χ2n) is 11.6. The Labute approximate surface area is 268 Å². The van der Waals surface area contributed by atoms with Crippen molar-refractivity contribution in [3.63, 3.8) is 0 Å². The quantitative estimate of drug-likeness (QED) is 0.0505. The molecule has 47 heavy (non-hydrogen) atoms. The number of pyridine rings is 2. The number of para-hydroxylation sites is 1. The van der Waals surface area contributed by atoms with Crippen molar-refractivity contribution in [3.05, 3.63) is 103 Å². The molecule has 0 saturated carbocycles. The molecule has 240 valence electrons. The molecule has 0 spiro atoms. The van der Waals surface area contributed by atoms with Crippen LogP contribution in [-0.4, -0.2) is 63.0 Å². The Morgan fingerprint density at radius 1 is 0.872 bits per heavy atom. The molecule has 0 fully saturated rings. The Morgan fingerprint density at radius 2 is 1.57 bits per heavy atom. The molecule has 4 N–H and O–H groups in total. The van der Waals surface area contributed by atoms with Crippen LogP contribution < -0.4 is 16.1 Å². The number of fused-ring (bicyclic) bond motifs is 4. The van der Waals surface area contributed by atoms with Crippen molar-refractivity contribution in [1.82, 2.24) is 14.9 Å². The van der Waals surface area contributed by atoms with Crippen LogP contribution in [0, 0.1) is 27.2 Å². The molecule has 13 heteroatoms. The number of hydrogen-bond donors (Lipinski definition) is 4. The van der Waals surface area contributed by atoms with E-state index in [4.69, 9.17) is 4.98 Å².